The lowest BCUT2D eigenvalue weighted by atomic mass is 10.0. The van der Waals surface area contributed by atoms with E-state index in [9.17, 15) is 9.59 Å². The van der Waals surface area contributed by atoms with Gasteiger partial charge in [-0.05, 0) is 30.2 Å². The van der Waals surface area contributed by atoms with Crippen molar-refractivity contribution in [3.63, 3.8) is 0 Å². The summed E-state index contributed by atoms with van der Waals surface area (Å²) in [5, 5.41) is 2.77. The molecule has 0 atom stereocenters. The maximum atomic E-state index is 11.9. The number of nitrogens with one attached hydrogen (secondary N) is 1. The summed E-state index contributed by atoms with van der Waals surface area (Å²) >= 11 is 0. The quantitative estimate of drug-likeness (QED) is 0.669. The summed E-state index contributed by atoms with van der Waals surface area (Å²) in [5.41, 5.74) is 1.99. The summed E-state index contributed by atoms with van der Waals surface area (Å²) in [6.45, 7) is 0. The summed E-state index contributed by atoms with van der Waals surface area (Å²) < 4.78 is 5.25. The molecule has 0 aliphatic carbocycles. The third-order valence-corrected chi connectivity index (χ3v) is 3.06. The third-order valence-electron chi connectivity index (χ3n) is 3.06. The van der Waals surface area contributed by atoms with Gasteiger partial charge < -0.3 is 10.1 Å². The zero-order chi connectivity index (χ0) is 13.9. The average molecular weight is 268 g/mol. The topological polar surface area (TPSA) is 68.3 Å². The van der Waals surface area contributed by atoms with Gasteiger partial charge in [0, 0.05) is 24.4 Å². The minimum atomic E-state index is -0.521. The molecule has 5 nitrogen and oxygen atoms in total. The predicted octanol–water partition coefficient (Wildman–Crippen LogP) is 2.19. The fourth-order valence-corrected chi connectivity index (χ4v) is 2.06. The number of aromatic nitrogens is 1. The Kier molecular flexibility index (Phi) is 3.16. The number of anilines is 1. The number of hydrogen-bond donors (Lipinski definition) is 1. The summed E-state index contributed by atoms with van der Waals surface area (Å²) in [7, 11) is 0. The minimum absolute atomic E-state index is 0.0225. The van der Waals surface area contributed by atoms with E-state index in [-0.39, 0.29) is 11.6 Å². The second-order valence-electron chi connectivity index (χ2n) is 4.47. The highest BCUT2D eigenvalue weighted by atomic mass is 16.5. The van der Waals surface area contributed by atoms with Crippen LogP contribution >= 0.6 is 0 Å². The van der Waals surface area contributed by atoms with Crippen molar-refractivity contribution in [2.75, 3.05) is 5.32 Å². The van der Waals surface area contributed by atoms with Crippen LogP contribution in [0.2, 0.25) is 0 Å². The summed E-state index contributed by atoms with van der Waals surface area (Å²) in [6.07, 6.45) is 2.72. The van der Waals surface area contributed by atoms with E-state index >= 15 is 0 Å². The summed E-state index contributed by atoms with van der Waals surface area (Å²) in [5.74, 6) is -0.153. The molecule has 1 aliphatic heterocycles. The standard InChI is InChI=1S/C15H12N2O3/c18-14-7-5-10-4-6-11(9-13(10)17-14)20-15(19)12-3-1-2-8-16-12/h1-4,6,8-9H,5,7H2,(H,17,18). The van der Waals surface area contributed by atoms with Crippen molar-refractivity contribution in [2.24, 2.45) is 0 Å². The Morgan fingerprint density at radius 2 is 2.10 bits per heavy atom. The molecular formula is C15H12N2O3. The minimum Gasteiger partial charge on any atom is -0.422 e. The van der Waals surface area contributed by atoms with Gasteiger partial charge in [0.05, 0.1) is 0 Å². The van der Waals surface area contributed by atoms with Crippen molar-refractivity contribution in [2.45, 2.75) is 12.8 Å². The second-order valence-corrected chi connectivity index (χ2v) is 4.47. The van der Waals surface area contributed by atoms with Crippen LogP contribution < -0.4 is 10.1 Å². The molecule has 0 unspecified atom stereocenters. The number of benzene rings is 1. The maximum absolute atomic E-state index is 11.9. The smallest absolute Gasteiger partial charge is 0.362 e. The molecule has 0 saturated heterocycles. The van der Waals surface area contributed by atoms with Crippen molar-refractivity contribution < 1.29 is 14.3 Å². The SMILES string of the molecule is O=C1CCc2ccc(OC(=O)c3ccccn3)cc2N1. The Balaban J connectivity index is 1.80. The molecule has 2 heterocycles. The number of hydrogen-bond acceptors (Lipinski definition) is 4. The molecule has 1 aliphatic rings. The Morgan fingerprint density at radius 1 is 1.20 bits per heavy atom. The Hall–Kier alpha value is -2.69. The molecule has 1 aromatic heterocycles. The van der Waals surface area contributed by atoms with Gasteiger partial charge in [-0.15, -0.1) is 0 Å². The molecule has 1 aromatic carbocycles. The Labute approximate surface area is 115 Å². The van der Waals surface area contributed by atoms with Gasteiger partial charge in [0.25, 0.3) is 0 Å². The first-order chi connectivity index (χ1) is 9.72. The van der Waals surface area contributed by atoms with Gasteiger partial charge in [0.1, 0.15) is 11.4 Å². The number of rotatable bonds is 2. The normalized spacial score (nSPS) is 13.3. The van der Waals surface area contributed by atoms with Crippen LogP contribution in [0.5, 0.6) is 5.75 Å². The van der Waals surface area contributed by atoms with Crippen LogP contribution in [-0.4, -0.2) is 16.9 Å². The first kappa shape index (κ1) is 12.3. The van der Waals surface area contributed by atoms with Crippen molar-refractivity contribution in [3.8, 4) is 5.75 Å². The maximum Gasteiger partial charge on any atom is 0.362 e. The van der Waals surface area contributed by atoms with E-state index in [2.05, 4.69) is 10.3 Å². The highest BCUT2D eigenvalue weighted by Crippen LogP contribution is 2.27. The van der Waals surface area contributed by atoms with Crippen molar-refractivity contribution in [3.05, 3.63) is 53.9 Å². The van der Waals surface area contributed by atoms with Gasteiger partial charge in [-0.2, -0.15) is 0 Å². The predicted molar refractivity (Wildman–Crippen MR) is 72.6 cm³/mol. The van der Waals surface area contributed by atoms with E-state index in [1.54, 1.807) is 30.3 Å². The largest absolute Gasteiger partial charge is 0.422 e. The number of aryl methyl sites for hydroxylation is 1. The van der Waals surface area contributed by atoms with Crippen LogP contribution in [0.15, 0.2) is 42.6 Å². The number of ether oxygens (including phenoxy) is 1. The van der Waals surface area contributed by atoms with Crippen molar-refractivity contribution >= 4 is 17.6 Å². The lowest BCUT2D eigenvalue weighted by Gasteiger charge is -2.17. The Bertz CT molecular complexity index is 668. The number of carbonyl (C=O) groups excluding carboxylic acids is 2. The molecule has 0 bridgehead atoms. The number of pyridine rings is 1. The van der Waals surface area contributed by atoms with E-state index in [4.69, 9.17) is 4.74 Å². The highest BCUT2D eigenvalue weighted by molar-refractivity contribution is 5.94. The monoisotopic (exact) mass is 268 g/mol. The summed E-state index contributed by atoms with van der Waals surface area (Å²) in [6, 6.07) is 10.3. The lowest BCUT2D eigenvalue weighted by molar-refractivity contribution is -0.116. The van der Waals surface area contributed by atoms with Crippen molar-refractivity contribution in [1.82, 2.24) is 4.98 Å². The molecule has 1 amide bonds. The highest BCUT2D eigenvalue weighted by Gasteiger charge is 2.16. The van der Waals surface area contributed by atoms with E-state index in [0.29, 0.717) is 24.3 Å². The fraction of sp³-hybridized carbons (Fsp3) is 0.133. The van der Waals surface area contributed by atoms with Gasteiger partial charge in [0.15, 0.2) is 0 Å². The van der Waals surface area contributed by atoms with Gasteiger partial charge in [-0.25, -0.2) is 9.78 Å². The lowest BCUT2D eigenvalue weighted by Crippen LogP contribution is -2.19. The van der Waals surface area contributed by atoms with Gasteiger partial charge in [-0.3, -0.25) is 4.79 Å². The number of esters is 1. The zero-order valence-electron chi connectivity index (χ0n) is 10.6. The molecule has 0 spiro atoms. The van der Waals surface area contributed by atoms with E-state index < -0.39 is 5.97 Å². The first-order valence-electron chi connectivity index (χ1n) is 6.28. The van der Waals surface area contributed by atoms with Gasteiger partial charge in [-0.1, -0.05) is 12.1 Å². The first-order valence-corrected chi connectivity index (χ1v) is 6.28. The number of nitrogens with zero attached hydrogens (tertiary/aromatic N) is 1. The molecule has 0 fully saturated rings. The van der Waals surface area contributed by atoms with Crippen LogP contribution in [0.3, 0.4) is 0 Å². The molecule has 0 saturated carbocycles. The third kappa shape index (κ3) is 2.51. The number of amides is 1. The molecular weight excluding hydrogens is 256 g/mol. The van der Waals surface area contributed by atoms with Crippen LogP contribution in [0.4, 0.5) is 5.69 Å². The van der Waals surface area contributed by atoms with Crippen LogP contribution in [0.1, 0.15) is 22.5 Å². The Morgan fingerprint density at radius 3 is 2.90 bits per heavy atom. The van der Waals surface area contributed by atoms with E-state index in [1.165, 1.54) is 6.20 Å². The van der Waals surface area contributed by atoms with E-state index in [1.807, 2.05) is 6.07 Å². The van der Waals surface area contributed by atoms with Gasteiger partial charge in [0.2, 0.25) is 5.91 Å². The van der Waals surface area contributed by atoms with Crippen LogP contribution in [0, 0.1) is 0 Å². The molecule has 5 heteroatoms. The summed E-state index contributed by atoms with van der Waals surface area (Å²) in [4.78, 5) is 27.2. The molecule has 100 valence electrons. The van der Waals surface area contributed by atoms with E-state index in [0.717, 1.165) is 5.56 Å². The number of carbonyl (C=O) groups is 2. The second kappa shape index (κ2) is 5.13. The molecule has 3 rings (SSSR count). The number of fused-ring (bicyclic) bond motifs is 1. The van der Waals surface area contributed by atoms with Crippen LogP contribution in [-0.2, 0) is 11.2 Å². The molecule has 1 N–H and O–H groups in total. The van der Waals surface area contributed by atoms with Crippen molar-refractivity contribution in [1.29, 1.82) is 0 Å². The molecule has 2 aromatic rings. The average Bonchev–Trinajstić information content (AvgIpc) is 2.47. The fourth-order valence-electron chi connectivity index (χ4n) is 2.06. The van der Waals surface area contributed by atoms with Crippen LogP contribution in [0.25, 0.3) is 0 Å². The van der Waals surface area contributed by atoms with Gasteiger partial charge >= 0.3 is 5.97 Å². The molecule has 0 radical (unpaired) electrons. The zero-order valence-corrected chi connectivity index (χ0v) is 10.6. The molecule has 20 heavy (non-hydrogen) atoms.